The Morgan fingerprint density at radius 3 is 2.71 bits per heavy atom. The molecule has 126 valence electrons. The Hall–Kier alpha value is -2.93. The molecule has 2 rings (SSSR count). The lowest BCUT2D eigenvalue weighted by Gasteiger charge is -2.09. The molecule has 0 aliphatic carbocycles. The number of aromatic nitrogens is 1. The number of hydrogen-bond donors (Lipinski definition) is 2. The van der Waals surface area contributed by atoms with E-state index in [-0.39, 0.29) is 5.91 Å². The molecule has 0 unspecified atom stereocenters. The molecule has 1 heterocycles. The highest BCUT2D eigenvalue weighted by Crippen LogP contribution is 2.14. The van der Waals surface area contributed by atoms with Crippen molar-refractivity contribution in [2.24, 2.45) is 0 Å². The third-order valence-electron chi connectivity index (χ3n) is 3.18. The summed E-state index contributed by atoms with van der Waals surface area (Å²) in [6.45, 7) is 1.13. The molecule has 0 spiro atoms. The Morgan fingerprint density at radius 1 is 1.12 bits per heavy atom. The second-order valence-corrected chi connectivity index (χ2v) is 4.88. The summed E-state index contributed by atoms with van der Waals surface area (Å²) in [4.78, 5) is 28.0. The molecular weight excluding hydrogens is 310 g/mol. The van der Waals surface area contributed by atoms with Crippen molar-refractivity contribution < 1.29 is 19.1 Å². The summed E-state index contributed by atoms with van der Waals surface area (Å²) < 4.78 is 9.62. The van der Waals surface area contributed by atoms with E-state index in [1.54, 1.807) is 49.7 Å². The summed E-state index contributed by atoms with van der Waals surface area (Å²) in [7, 11) is 2.92. The van der Waals surface area contributed by atoms with Crippen LogP contribution < -0.4 is 10.6 Å². The number of hydrogen-bond acceptors (Lipinski definition) is 6. The lowest BCUT2D eigenvalue weighted by atomic mass is 10.2. The van der Waals surface area contributed by atoms with Crippen molar-refractivity contribution in [2.75, 3.05) is 38.0 Å². The Balaban J connectivity index is 2.07. The zero-order chi connectivity index (χ0) is 17.4. The van der Waals surface area contributed by atoms with Gasteiger partial charge in [0.2, 0.25) is 0 Å². The SMILES string of the molecule is COCCNc1cc(C(=O)Nc2cccc(C(=O)OC)c2)ccn1. The number of carbonyl (C=O) groups is 2. The van der Waals surface area contributed by atoms with E-state index < -0.39 is 5.97 Å². The molecule has 2 aromatic rings. The minimum absolute atomic E-state index is 0.297. The molecule has 2 N–H and O–H groups in total. The van der Waals surface area contributed by atoms with Crippen molar-refractivity contribution in [3.8, 4) is 0 Å². The molecule has 0 radical (unpaired) electrons. The molecule has 0 aliphatic rings. The van der Waals surface area contributed by atoms with Gasteiger partial charge in [-0.2, -0.15) is 0 Å². The maximum Gasteiger partial charge on any atom is 0.337 e. The molecule has 0 atom stereocenters. The summed E-state index contributed by atoms with van der Waals surface area (Å²) in [5.41, 5.74) is 1.33. The summed E-state index contributed by atoms with van der Waals surface area (Å²) in [5, 5.41) is 5.80. The Bertz CT molecular complexity index is 718. The molecule has 0 aliphatic heterocycles. The van der Waals surface area contributed by atoms with Gasteiger partial charge >= 0.3 is 5.97 Å². The minimum atomic E-state index is -0.459. The molecule has 1 amide bonds. The first kappa shape index (κ1) is 17.4. The number of esters is 1. The van der Waals surface area contributed by atoms with Crippen LogP contribution in [-0.2, 0) is 9.47 Å². The van der Waals surface area contributed by atoms with Crippen LogP contribution in [0.1, 0.15) is 20.7 Å². The van der Waals surface area contributed by atoms with Gasteiger partial charge in [0.15, 0.2) is 0 Å². The van der Waals surface area contributed by atoms with Gasteiger partial charge in [-0.15, -0.1) is 0 Å². The van der Waals surface area contributed by atoms with Crippen LogP contribution in [0.4, 0.5) is 11.5 Å². The van der Waals surface area contributed by atoms with Crippen LogP contribution in [-0.4, -0.2) is 44.2 Å². The number of anilines is 2. The van der Waals surface area contributed by atoms with E-state index in [0.29, 0.717) is 35.8 Å². The number of nitrogens with one attached hydrogen (secondary N) is 2. The zero-order valence-electron chi connectivity index (χ0n) is 13.5. The largest absolute Gasteiger partial charge is 0.465 e. The topological polar surface area (TPSA) is 89.6 Å². The molecule has 0 bridgehead atoms. The fourth-order valence-corrected chi connectivity index (χ4v) is 1.99. The molecule has 0 fully saturated rings. The minimum Gasteiger partial charge on any atom is -0.465 e. The van der Waals surface area contributed by atoms with E-state index in [9.17, 15) is 9.59 Å². The predicted octanol–water partition coefficient (Wildman–Crippen LogP) is 2.18. The average Bonchev–Trinajstić information content (AvgIpc) is 2.61. The van der Waals surface area contributed by atoms with Gasteiger partial charge in [-0.05, 0) is 30.3 Å². The first-order chi connectivity index (χ1) is 11.6. The van der Waals surface area contributed by atoms with Gasteiger partial charge in [0, 0.05) is 31.1 Å². The Labute approximate surface area is 140 Å². The lowest BCUT2D eigenvalue weighted by Crippen LogP contribution is -2.14. The zero-order valence-corrected chi connectivity index (χ0v) is 13.5. The quantitative estimate of drug-likeness (QED) is 0.598. The molecule has 1 aromatic carbocycles. The number of nitrogens with zero attached hydrogens (tertiary/aromatic N) is 1. The highest BCUT2D eigenvalue weighted by atomic mass is 16.5. The van der Waals surface area contributed by atoms with E-state index in [0.717, 1.165) is 0 Å². The molecule has 24 heavy (non-hydrogen) atoms. The van der Waals surface area contributed by atoms with E-state index in [1.165, 1.54) is 7.11 Å². The number of pyridine rings is 1. The molecule has 0 saturated heterocycles. The molecular formula is C17H19N3O4. The van der Waals surface area contributed by atoms with Crippen molar-refractivity contribution in [3.63, 3.8) is 0 Å². The fourth-order valence-electron chi connectivity index (χ4n) is 1.99. The number of methoxy groups -OCH3 is 2. The Kier molecular flexibility index (Phi) is 6.27. The van der Waals surface area contributed by atoms with E-state index in [2.05, 4.69) is 20.4 Å². The molecule has 7 heteroatoms. The summed E-state index contributed by atoms with van der Waals surface area (Å²) in [6, 6.07) is 9.81. The van der Waals surface area contributed by atoms with Crippen molar-refractivity contribution in [1.29, 1.82) is 0 Å². The van der Waals surface area contributed by atoms with Crippen molar-refractivity contribution in [2.45, 2.75) is 0 Å². The Morgan fingerprint density at radius 2 is 1.96 bits per heavy atom. The monoisotopic (exact) mass is 329 g/mol. The maximum atomic E-state index is 12.3. The van der Waals surface area contributed by atoms with E-state index in [1.807, 2.05) is 0 Å². The number of ether oxygens (including phenoxy) is 2. The van der Waals surface area contributed by atoms with Crippen molar-refractivity contribution in [1.82, 2.24) is 4.98 Å². The van der Waals surface area contributed by atoms with E-state index >= 15 is 0 Å². The smallest absolute Gasteiger partial charge is 0.337 e. The van der Waals surface area contributed by atoms with Crippen LogP contribution in [0.2, 0.25) is 0 Å². The van der Waals surface area contributed by atoms with E-state index in [4.69, 9.17) is 4.74 Å². The highest BCUT2D eigenvalue weighted by molar-refractivity contribution is 6.05. The second-order valence-electron chi connectivity index (χ2n) is 4.88. The number of amides is 1. The van der Waals surface area contributed by atoms with Crippen molar-refractivity contribution in [3.05, 3.63) is 53.7 Å². The molecule has 1 aromatic heterocycles. The van der Waals surface area contributed by atoms with Gasteiger partial charge in [-0.1, -0.05) is 6.07 Å². The van der Waals surface area contributed by atoms with Gasteiger partial charge in [0.25, 0.3) is 5.91 Å². The first-order valence-electron chi connectivity index (χ1n) is 7.32. The third kappa shape index (κ3) is 4.79. The van der Waals surface area contributed by atoms with Crippen LogP contribution in [0.15, 0.2) is 42.6 Å². The van der Waals surface area contributed by atoms with Crippen LogP contribution >= 0.6 is 0 Å². The fraction of sp³-hybridized carbons (Fsp3) is 0.235. The highest BCUT2D eigenvalue weighted by Gasteiger charge is 2.10. The van der Waals surface area contributed by atoms with Gasteiger partial charge in [0.05, 0.1) is 19.3 Å². The lowest BCUT2D eigenvalue weighted by molar-refractivity contribution is 0.0600. The van der Waals surface area contributed by atoms with Gasteiger partial charge < -0.3 is 20.1 Å². The maximum absolute atomic E-state index is 12.3. The van der Waals surface area contributed by atoms with Gasteiger partial charge in [0.1, 0.15) is 5.82 Å². The van der Waals surface area contributed by atoms with Crippen LogP contribution in [0.5, 0.6) is 0 Å². The van der Waals surface area contributed by atoms with Gasteiger partial charge in [-0.25, -0.2) is 9.78 Å². The van der Waals surface area contributed by atoms with Crippen LogP contribution in [0.25, 0.3) is 0 Å². The third-order valence-corrected chi connectivity index (χ3v) is 3.18. The summed E-state index contributed by atoms with van der Waals surface area (Å²) >= 11 is 0. The standard InChI is InChI=1S/C17H19N3O4/c1-23-9-8-19-15-11-12(6-7-18-15)16(21)20-14-5-3-4-13(10-14)17(22)24-2/h3-7,10-11H,8-9H2,1-2H3,(H,18,19)(H,20,21). The predicted molar refractivity (Wildman–Crippen MR) is 90.3 cm³/mol. The normalized spacial score (nSPS) is 10.1. The molecule has 0 saturated carbocycles. The second kappa shape index (κ2) is 8.64. The number of benzene rings is 1. The average molecular weight is 329 g/mol. The first-order valence-corrected chi connectivity index (χ1v) is 7.32. The van der Waals surface area contributed by atoms with Gasteiger partial charge in [-0.3, -0.25) is 4.79 Å². The number of carbonyl (C=O) groups excluding carboxylic acids is 2. The van der Waals surface area contributed by atoms with Crippen LogP contribution in [0.3, 0.4) is 0 Å². The summed E-state index contributed by atoms with van der Waals surface area (Å²) in [5.74, 6) is -0.170. The summed E-state index contributed by atoms with van der Waals surface area (Å²) in [6.07, 6.45) is 1.55. The number of rotatable bonds is 7. The van der Waals surface area contributed by atoms with Crippen LogP contribution in [0, 0.1) is 0 Å². The van der Waals surface area contributed by atoms with Crippen molar-refractivity contribution >= 4 is 23.4 Å². The molecule has 7 nitrogen and oxygen atoms in total.